The highest BCUT2D eigenvalue weighted by molar-refractivity contribution is 7.22. The van der Waals surface area contributed by atoms with Crippen LogP contribution < -0.4 is 10.2 Å². The van der Waals surface area contributed by atoms with E-state index in [0.717, 1.165) is 45.2 Å². The van der Waals surface area contributed by atoms with E-state index in [2.05, 4.69) is 34.1 Å². The molecule has 7 nitrogen and oxygen atoms in total. The first-order valence-corrected chi connectivity index (χ1v) is 10.7. The second kappa shape index (κ2) is 7.11. The predicted molar refractivity (Wildman–Crippen MR) is 117 cm³/mol. The third-order valence-electron chi connectivity index (χ3n) is 5.20. The van der Waals surface area contributed by atoms with Gasteiger partial charge in [-0.25, -0.2) is 14.6 Å². The van der Waals surface area contributed by atoms with E-state index >= 15 is 0 Å². The van der Waals surface area contributed by atoms with Crippen molar-refractivity contribution in [1.29, 1.82) is 0 Å². The summed E-state index contributed by atoms with van der Waals surface area (Å²) < 4.78 is 2.93. The van der Waals surface area contributed by atoms with Crippen molar-refractivity contribution in [3.63, 3.8) is 0 Å². The summed E-state index contributed by atoms with van der Waals surface area (Å²) in [5.41, 5.74) is 3.04. The van der Waals surface area contributed by atoms with Crippen LogP contribution in [0.4, 0.5) is 10.8 Å². The molecule has 0 bridgehead atoms. The molecule has 29 heavy (non-hydrogen) atoms. The molecule has 3 aromatic heterocycles. The molecule has 1 saturated heterocycles. The molecule has 0 atom stereocenters. The van der Waals surface area contributed by atoms with E-state index in [1.165, 1.54) is 12.8 Å². The average Bonchev–Trinajstić information content (AvgIpc) is 3.45. The summed E-state index contributed by atoms with van der Waals surface area (Å²) >= 11 is 1.68. The van der Waals surface area contributed by atoms with Gasteiger partial charge in [-0.1, -0.05) is 11.3 Å². The molecular formula is C21H22N6OS. The lowest BCUT2D eigenvalue weighted by atomic mass is 10.2. The first-order chi connectivity index (χ1) is 14.1. The highest BCUT2D eigenvalue weighted by Gasteiger charge is 2.17. The number of aromatic nitrogens is 4. The van der Waals surface area contributed by atoms with Gasteiger partial charge in [0.05, 0.1) is 22.0 Å². The van der Waals surface area contributed by atoms with Crippen molar-refractivity contribution >= 4 is 49.3 Å². The number of pyridine rings is 1. The summed E-state index contributed by atoms with van der Waals surface area (Å²) in [6.07, 6.45) is 5.81. The fourth-order valence-corrected chi connectivity index (χ4v) is 4.74. The highest BCUT2D eigenvalue weighted by atomic mass is 32.1. The summed E-state index contributed by atoms with van der Waals surface area (Å²) in [6, 6.07) is 7.91. The number of rotatable bonds is 4. The van der Waals surface area contributed by atoms with Crippen LogP contribution in [0.1, 0.15) is 43.1 Å². The number of hydrogen-bond acceptors (Lipinski definition) is 6. The van der Waals surface area contributed by atoms with Crippen LogP contribution >= 0.6 is 11.3 Å². The zero-order valence-electron chi connectivity index (χ0n) is 16.4. The van der Waals surface area contributed by atoms with Gasteiger partial charge >= 0.3 is 0 Å². The number of hydrogen-bond donors (Lipinski definition) is 1. The number of thiazole rings is 1. The monoisotopic (exact) mass is 406 g/mol. The number of carbonyl (C=O) groups excluding carboxylic acids is 1. The Morgan fingerprint density at radius 3 is 2.79 bits per heavy atom. The molecule has 148 valence electrons. The van der Waals surface area contributed by atoms with Gasteiger partial charge < -0.3 is 10.2 Å². The summed E-state index contributed by atoms with van der Waals surface area (Å²) in [5.74, 6) is -0.180. The standard InChI is InChI=1S/C21H22N6OS/c1-13(2)27-19-14(12-23-27)9-15(11-22-19)20(28)24-16-5-6-17-18(10-16)29-21(25-17)26-7-3-4-8-26/h5-6,9-13H,3-4,7-8H2,1-2H3,(H,24,28). The van der Waals surface area contributed by atoms with Gasteiger partial charge in [-0.3, -0.25) is 4.79 Å². The first kappa shape index (κ1) is 18.1. The SMILES string of the molecule is CC(C)n1ncc2cc(C(=O)Nc3ccc4nc(N5CCCC5)sc4c3)cnc21. The molecule has 0 aliphatic carbocycles. The summed E-state index contributed by atoms with van der Waals surface area (Å²) in [7, 11) is 0. The zero-order valence-corrected chi connectivity index (χ0v) is 17.2. The van der Waals surface area contributed by atoms with E-state index in [-0.39, 0.29) is 11.9 Å². The number of nitrogens with one attached hydrogen (secondary N) is 1. The number of amides is 1. The van der Waals surface area contributed by atoms with Crippen molar-refractivity contribution in [3.05, 3.63) is 42.2 Å². The van der Waals surface area contributed by atoms with Crippen molar-refractivity contribution in [3.8, 4) is 0 Å². The molecule has 1 aromatic carbocycles. The minimum absolute atomic E-state index is 0.180. The third-order valence-corrected chi connectivity index (χ3v) is 6.28. The van der Waals surface area contributed by atoms with Crippen LogP contribution in [0.15, 0.2) is 36.7 Å². The fourth-order valence-electron chi connectivity index (χ4n) is 3.68. The summed E-state index contributed by atoms with van der Waals surface area (Å²) in [6.45, 7) is 6.26. The predicted octanol–water partition coefficient (Wildman–Crippen LogP) is 4.47. The second-order valence-corrected chi connectivity index (χ2v) is 8.66. The maximum Gasteiger partial charge on any atom is 0.257 e. The number of carbonyl (C=O) groups is 1. The lowest BCUT2D eigenvalue weighted by Crippen LogP contribution is -2.16. The molecule has 4 aromatic rings. The van der Waals surface area contributed by atoms with E-state index in [9.17, 15) is 4.79 Å². The molecule has 5 rings (SSSR count). The summed E-state index contributed by atoms with van der Waals surface area (Å²) in [5, 5.41) is 9.27. The Kier molecular flexibility index (Phi) is 4.43. The topological polar surface area (TPSA) is 75.9 Å². The number of anilines is 2. The van der Waals surface area contributed by atoms with Crippen molar-refractivity contribution in [2.45, 2.75) is 32.7 Å². The lowest BCUT2D eigenvalue weighted by molar-refractivity contribution is 0.102. The Bertz CT molecular complexity index is 1200. The summed E-state index contributed by atoms with van der Waals surface area (Å²) in [4.78, 5) is 24.3. The Morgan fingerprint density at radius 2 is 2.00 bits per heavy atom. The van der Waals surface area contributed by atoms with Crippen LogP contribution in [0.5, 0.6) is 0 Å². The maximum atomic E-state index is 12.8. The van der Waals surface area contributed by atoms with Crippen molar-refractivity contribution in [1.82, 2.24) is 19.7 Å². The quantitative estimate of drug-likeness (QED) is 0.541. The van der Waals surface area contributed by atoms with E-state index in [4.69, 9.17) is 4.98 Å². The van der Waals surface area contributed by atoms with Gasteiger partial charge in [-0.2, -0.15) is 5.10 Å². The number of benzene rings is 1. The molecule has 1 fully saturated rings. The minimum Gasteiger partial charge on any atom is -0.348 e. The molecule has 0 saturated carbocycles. The fraction of sp³-hybridized carbons (Fsp3) is 0.333. The Labute approximate surface area is 172 Å². The Balaban J connectivity index is 1.38. The van der Waals surface area contributed by atoms with Crippen molar-refractivity contribution in [2.24, 2.45) is 0 Å². The first-order valence-electron chi connectivity index (χ1n) is 9.88. The molecule has 1 N–H and O–H groups in total. The van der Waals surface area contributed by atoms with Crippen LogP contribution in [0.25, 0.3) is 21.3 Å². The molecule has 4 heterocycles. The van der Waals surface area contributed by atoms with Crippen molar-refractivity contribution in [2.75, 3.05) is 23.3 Å². The van der Waals surface area contributed by atoms with E-state index in [1.807, 2.05) is 28.9 Å². The zero-order chi connectivity index (χ0) is 20.0. The van der Waals surface area contributed by atoms with E-state index in [1.54, 1.807) is 23.7 Å². The third kappa shape index (κ3) is 3.33. The van der Waals surface area contributed by atoms with Gasteiger partial charge in [0.1, 0.15) is 0 Å². The smallest absolute Gasteiger partial charge is 0.257 e. The molecule has 0 spiro atoms. The molecule has 0 unspecified atom stereocenters. The van der Waals surface area contributed by atoms with Gasteiger partial charge in [0.15, 0.2) is 10.8 Å². The minimum atomic E-state index is -0.180. The normalized spacial score (nSPS) is 14.4. The van der Waals surface area contributed by atoms with Crippen LogP contribution in [0.2, 0.25) is 0 Å². The maximum absolute atomic E-state index is 12.8. The van der Waals surface area contributed by atoms with Crippen LogP contribution in [0.3, 0.4) is 0 Å². The van der Waals surface area contributed by atoms with Crippen LogP contribution in [0, 0.1) is 0 Å². The lowest BCUT2D eigenvalue weighted by Gasteiger charge is -2.11. The van der Waals surface area contributed by atoms with Gasteiger partial charge in [0.2, 0.25) is 0 Å². The van der Waals surface area contributed by atoms with Gasteiger partial charge in [0, 0.05) is 36.4 Å². The van der Waals surface area contributed by atoms with Gasteiger partial charge in [-0.15, -0.1) is 0 Å². The Hall–Kier alpha value is -3.00. The molecular weight excluding hydrogens is 384 g/mol. The molecule has 8 heteroatoms. The van der Waals surface area contributed by atoms with E-state index < -0.39 is 0 Å². The molecule has 1 aliphatic heterocycles. The van der Waals surface area contributed by atoms with Crippen molar-refractivity contribution < 1.29 is 4.79 Å². The van der Waals surface area contributed by atoms with Gasteiger partial charge in [0.25, 0.3) is 5.91 Å². The Morgan fingerprint density at radius 1 is 1.17 bits per heavy atom. The second-order valence-electron chi connectivity index (χ2n) is 7.65. The average molecular weight is 407 g/mol. The number of fused-ring (bicyclic) bond motifs is 2. The molecule has 1 amide bonds. The van der Waals surface area contributed by atoms with Crippen LogP contribution in [-0.4, -0.2) is 38.7 Å². The van der Waals surface area contributed by atoms with Gasteiger partial charge in [-0.05, 0) is 51.0 Å². The highest BCUT2D eigenvalue weighted by Crippen LogP contribution is 2.32. The largest absolute Gasteiger partial charge is 0.348 e. The molecule has 1 aliphatic rings. The molecule has 0 radical (unpaired) electrons. The van der Waals surface area contributed by atoms with Crippen LogP contribution in [-0.2, 0) is 0 Å². The van der Waals surface area contributed by atoms with E-state index in [0.29, 0.717) is 5.56 Å². The number of nitrogens with zero attached hydrogens (tertiary/aromatic N) is 5.